The molecular formula is C19H14IN3O2. The minimum atomic E-state index is -0.259. The number of rotatable bonds is 3. The number of fused-ring (bicyclic) bond motifs is 1. The van der Waals surface area contributed by atoms with Crippen molar-refractivity contribution in [1.82, 2.24) is 14.5 Å². The summed E-state index contributed by atoms with van der Waals surface area (Å²) < 4.78 is 2.91. The van der Waals surface area contributed by atoms with E-state index < -0.39 is 0 Å². The predicted molar refractivity (Wildman–Crippen MR) is 105 cm³/mol. The quantitative estimate of drug-likeness (QED) is 0.476. The van der Waals surface area contributed by atoms with Crippen LogP contribution in [0.1, 0.15) is 11.1 Å². The molecule has 0 atom stereocenters. The Morgan fingerprint density at radius 2 is 1.96 bits per heavy atom. The molecule has 6 heteroatoms. The van der Waals surface area contributed by atoms with Crippen LogP contribution >= 0.6 is 22.6 Å². The normalized spacial score (nSPS) is 11.1. The zero-order valence-corrected chi connectivity index (χ0v) is 15.3. The molecular weight excluding hydrogens is 429 g/mol. The van der Waals surface area contributed by atoms with Crippen LogP contribution in [0.3, 0.4) is 0 Å². The lowest BCUT2D eigenvalue weighted by Gasteiger charge is -2.09. The number of hydrogen-bond donors (Lipinski definition) is 2. The molecule has 4 aromatic rings. The second-order valence-corrected chi connectivity index (χ2v) is 7.03. The first-order valence-electron chi connectivity index (χ1n) is 7.72. The smallest absolute Gasteiger partial charge is 0.255 e. The average molecular weight is 443 g/mol. The predicted octanol–water partition coefficient (Wildman–Crippen LogP) is 3.61. The molecule has 0 aliphatic heterocycles. The molecule has 0 unspecified atom stereocenters. The molecule has 0 saturated heterocycles. The molecule has 0 radical (unpaired) electrons. The summed E-state index contributed by atoms with van der Waals surface area (Å²) in [4.78, 5) is 19.2. The number of nitrogens with zero attached hydrogens (tertiary/aromatic N) is 2. The highest BCUT2D eigenvalue weighted by Gasteiger charge is 2.13. The largest absolute Gasteiger partial charge is 0.507 e. The van der Waals surface area contributed by atoms with Gasteiger partial charge >= 0.3 is 0 Å². The van der Waals surface area contributed by atoms with Crippen molar-refractivity contribution >= 4 is 33.5 Å². The number of aromatic amines is 1. The molecule has 0 saturated carbocycles. The third-order valence-electron chi connectivity index (χ3n) is 4.16. The van der Waals surface area contributed by atoms with Gasteiger partial charge < -0.3 is 14.7 Å². The molecule has 0 aliphatic carbocycles. The van der Waals surface area contributed by atoms with Crippen LogP contribution < -0.4 is 5.56 Å². The lowest BCUT2D eigenvalue weighted by atomic mass is 10.0. The van der Waals surface area contributed by atoms with E-state index in [9.17, 15) is 9.90 Å². The van der Waals surface area contributed by atoms with Crippen molar-refractivity contribution in [3.05, 3.63) is 86.2 Å². The molecule has 0 spiro atoms. The summed E-state index contributed by atoms with van der Waals surface area (Å²) >= 11 is 2.19. The van der Waals surface area contributed by atoms with Gasteiger partial charge in [-0.3, -0.25) is 4.79 Å². The number of pyridine rings is 1. The summed E-state index contributed by atoms with van der Waals surface area (Å²) in [6.45, 7) is 0. The number of imidazole rings is 1. The highest BCUT2D eigenvalue weighted by atomic mass is 127. The van der Waals surface area contributed by atoms with Crippen molar-refractivity contribution in [2.45, 2.75) is 6.42 Å². The molecule has 0 bridgehead atoms. The van der Waals surface area contributed by atoms with Gasteiger partial charge in [-0.15, -0.1) is 0 Å². The second-order valence-electron chi connectivity index (χ2n) is 5.78. The van der Waals surface area contributed by atoms with E-state index in [2.05, 4.69) is 32.6 Å². The highest BCUT2D eigenvalue weighted by Crippen LogP contribution is 2.28. The van der Waals surface area contributed by atoms with E-state index in [1.807, 2.05) is 53.2 Å². The SMILES string of the molecule is O=c1[nH]c2ccc(I)cc2c(O)c1Cc1ccc(-n2ccnc2)cc1. The van der Waals surface area contributed by atoms with Crippen molar-refractivity contribution in [3.63, 3.8) is 0 Å². The van der Waals surface area contributed by atoms with Gasteiger partial charge in [0, 0.05) is 33.5 Å². The third-order valence-corrected chi connectivity index (χ3v) is 4.84. The number of aromatic nitrogens is 3. The van der Waals surface area contributed by atoms with Crippen LogP contribution in [0.5, 0.6) is 5.75 Å². The van der Waals surface area contributed by atoms with Crippen LogP contribution in [0, 0.1) is 3.57 Å². The highest BCUT2D eigenvalue weighted by molar-refractivity contribution is 14.1. The minimum absolute atomic E-state index is 0.0518. The molecule has 25 heavy (non-hydrogen) atoms. The first kappa shape index (κ1) is 15.9. The molecule has 0 aliphatic rings. The summed E-state index contributed by atoms with van der Waals surface area (Å²) in [5.41, 5.74) is 2.71. The monoisotopic (exact) mass is 443 g/mol. The number of nitrogens with one attached hydrogen (secondary N) is 1. The zero-order chi connectivity index (χ0) is 17.4. The molecule has 2 N–H and O–H groups in total. The van der Waals surface area contributed by atoms with Gasteiger partial charge in [-0.05, 0) is 58.5 Å². The van der Waals surface area contributed by atoms with Crippen LogP contribution in [-0.4, -0.2) is 19.6 Å². The Bertz CT molecular complexity index is 1100. The number of halogens is 1. The van der Waals surface area contributed by atoms with Crippen LogP contribution in [0.25, 0.3) is 16.6 Å². The number of aromatic hydroxyl groups is 1. The van der Waals surface area contributed by atoms with Crippen LogP contribution in [0.15, 0.2) is 66.0 Å². The second kappa shape index (κ2) is 6.36. The van der Waals surface area contributed by atoms with Gasteiger partial charge in [-0.2, -0.15) is 0 Å². The van der Waals surface area contributed by atoms with E-state index in [0.717, 1.165) is 14.8 Å². The molecule has 4 rings (SSSR count). The Kier molecular flexibility index (Phi) is 4.04. The fourth-order valence-electron chi connectivity index (χ4n) is 2.86. The van der Waals surface area contributed by atoms with Crippen molar-refractivity contribution in [2.75, 3.05) is 0 Å². The first-order valence-corrected chi connectivity index (χ1v) is 8.80. The Morgan fingerprint density at radius 3 is 2.68 bits per heavy atom. The minimum Gasteiger partial charge on any atom is -0.507 e. The maximum atomic E-state index is 12.4. The van der Waals surface area contributed by atoms with Crippen LogP contribution in [0.2, 0.25) is 0 Å². The van der Waals surface area contributed by atoms with E-state index in [0.29, 0.717) is 22.9 Å². The van der Waals surface area contributed by atoms with Crippen molar-refractivity contribution < 1.29 is 5.11 Å². The third kappa shape index (κ3) is 3.05. The van der Waals surface area contributed by atoms with Gasteiger partial charge in [0.1, 0.15) is 5.75 Å². The van der Waals surface area contributed by atoms with Gasteiger partial charge in [0.15, 0.2) is 0 Å². The first-order chi connectivity index (χ1) is 12.1. The van der Waals surface area contributed by atoms with E-state index in [1.54, 1.807) is 12.5 Å². The van der Waals surface area contributed by atoms with Gasteiger partial charge in [0.25, 0.3) is 5.56 Å². The van der Waals surface area contributed by atoms with Crippen molar-refractivity contribution in [1.29, 1.82) is 0 Å². The van der Waals surface area contributed by atoms with Gasteiger partial charge in [-0.1, -0.05) is 12.1 Å². The fourth-order valence-corrected chi connectivity index (χ4v) is 3.35. The maximum Gasteiger partial charge on any atom is 0.255 e. The summed E-state index contributed by atoms with van der Waals surface area (Å²) in [7, 11) is 0. The number of benzene rings is 2. The summed E-state index contributed by atoms with van der Waals surface area (Å²) in [5.74, 6) is 0.0518. The van der Waals surface area contributed by atoms with Gasteiger partial charge in [-0.25, -0.2) is 4.98 Å². The van der Waals surface area contributed by atoms with E-state index in [4.69, 9.17) is 0 Å². The molecule has 2 aromatic carbocycles. The summed E-state index contributed by atoms with van der Waals surface area (Å²) in [6.07, 6.45) is 5.70. The van der Waals surface area contributed by atoms with Crippen LogP contribution in [0.4, 0.5) is 0 Å². The van der Waals surface area contributed by atoms with E-state index in [-0.39, 0.29) is 11.3 Å². The molecule has 124 valence electrons. The zero-order valence-electron chi connectivity index (χ0n) is 13.1. The summed E-state index contributed by atoms with van der Waals surface area (Å²) in [5, 5.41) is 11.2. The molecule has 5 nitrogen and oxygen atoms in total. The number of H-pyrrole nitrogens is 1. The van der Waals surface area contributed by atoms with Crippen LogP contribution in [-0.2, 0) is 6.42 Å². The van der Waals surface area contributed by atoms with Crippen molar-refractivity contribution in [3.8, 4) is 11.4 Å². The Hall–Kier alpha value is -2.61. The van der Waals surface area contributed by atoms with Crippen molar-refractivity contribution in [2.24, 2.45) is 0 Å². The van der Waals surface area contributed by atoms with Gasteiger partial charge in [0.05, 0.1) is 17.4 Å². The molecule has 2 heterocycles. The molecule has 0 amide bonds. The topological polar surface area (TPSA) is 70.9 Å². The fraction of sp³-hybridized carbons (Fsp3) is 0.0526. The average Bonchev–Trinajstić information content (AvgIpc) is 3.15. The Morgan fingerprint density at radius 1 is 1.16 bits per heavy atom. The lowest BCUT2D eigenvalue weighted by Crippen LogP contribution is -2.13. The molecule has 0 fully saturated rings. The maximum absolute atomic E-state index is 12.4. The van der Waals surface area contributed by atoms with Gasteiger partial charge in [0.2, 0.25) is 0 Å². The van der Waals surface area contributed by atoms with E-state index in [1.165, 1.54) is 0 Å². The molecule has 2 aromatic heterocycles. The standard InChI is InChI=1S/C19H14IN3O2/c20-13-3-6-17-15(10-13)18(24)16(19(25)22-17)9-12-1-4-14(5-2-12)23-8-7-21-11-23/h1-8,10-11H,9H2,(H2,22,24,25). The Balaban J connectivity index is 1.72. The Labute approximate surface area is 157 Å². The number of hydrogen-bond acceptors (Lipinski definition) is 3. The van der Waals surface area contributed by atoms with E-state index >= 15 is 0 Å². The summed E-state index contributed by atoms with van der Waals surface area (Å²) in [6, 6.07) is 13.4. The lowest BCUT2D eigenvalue weighted by molar-refractivity contribution is 0.474.